The van der Waals surface area contributed by atoms with E-state index in [0.717, 1.165) is 25.9 Å². The maximum atomic E-state index is 5.92. The van der Waals surface area contributed by atoms with Gasteiger partial charge in [0, 0.05) is 19.2 Å². The SMILES string of the molecule is COc1cc(Nc2cncc(OC3CCN(C)CC3)n2)n[nH]1. The van der Waals surface area contributed by atoms with Crippen molar-refractivity contribution in [3.8, 4) is 11.8 Å². The molecule has 0 unspecified atom stereocenters. The number of anilines is 2. The van der Waals surface area contributed by atoms with Crippen LogP contribution in [0.3, 0.4) is 0 Å². The minimum Gasteiger partial charge on any atom is -0.481 e. The fourth-order valence-corrected chi connectivity index (χ4v) is 2.34. The number of aromatic amines is 1. The number of piperidine rings is 1. The van der Waals surface area contributed by atoms with Gasteiger partial charge in [-0.1, -0.05) is 0 Å². The summed E-state index contributed by atoms with van der Waals surface area (Å²) >= 11 is 0. The minimum atomic E-state index is 0.200. The maximum Gasteiger partial charge on any atom is 0.234 e. The normalized spacial score (nSPS) is 16.5. The molecule has 22 heavy (non-hydrogen) atoms. The van der Waals surface area contributed by atoms with Gasteiger partial charge in [0.1, 0.15) is 6.10 Å². The summed E-state index contributed by atoms with van der Waals surface area (Å²) in [7, 11) is 3.70. The van der Waals surface area contributed by atoms with Crippen molar-refractivity contribution in [1.82, 2.24) is 25.1 Å². The second kappa shape index (κ2) is 6.61. The van der Waals surface area contributed by atoms with Gasteiger partial charge >= 0.3 is 0 Å². The van der Waals surface area contributed by atoms with Crippen molar-refractivity contribution in [2.24, 2.45) is 0 Å². The van der Waals surface area contributed by atoms with Gasteiger partial charge in [-0.05, 0) is 19.9 Å². The largest absolute Gasteiger partial charge is 0.481 e. The Labute approximate surface area is 128 Å². The molecule has 0 spiro atoms. The number of methoxy groups -OCH3 is 1. The zero-order valence-corrected chi connectivity index (χ0v) is 12.7. The first-order valence-corrected chi connectivity index (χ1v) is 7.26. The molecule has 0 bridgehead atoms. The van der Waals surface area contributed by atoms with Crippen LogP contribution in [0.15, 0.2) is 18.5 Å². The van der Waals surface area contributed by atoms with Crippen LogP contribution >= 0.6 is 0 Å². The highest BCUT2D eigenvalue weighted by molar-refractivity contribution is 5.51. The lowest BCUT2D eigenvalue weighted by atomic mass is 10.1. The molecule has 0 aliphatic carbocycles. The number of hydrogen-bond donors (Lipinski definition) is 2. The molecule has 1 fully saturated rings. The van der Waals surface area contributed by atoms with Crippen LogP contribution in [0.2, 0.25) is 0 Å². The Hall–Kier alpha value is -2.35. The van der Waals surface area contributed by atoms with Gasteiger partial charge < -0.3 is 19.7 Å². The zero-order chi connectivity index (χ0) is 15.4. The van der Waals surface area contributed by atoms with E-state index in [1.165, 1.54) is 0 Å². The summed E-state index contributed by atoms with van der Waals surface area (Å²) in [5.41, 5.74) is 0. The van der Waals surface area contributed by atoms with Crippen LogP contribution in [-0.4, -0.2) is 58.4 Å². The number of hydrogen-bond acceptors (Lipinski definition) is 7. The molecule has 2 aromatic rings. The molecule has 3 heterocycles. The van der Waals surface area contributed by atoms with Crippen LogP contribution in [0.25, 0.3) is 0 Å². The van der Waals surface area contributed by atoms with Gasteiger partial charge in [0.05, 0.1) is 19.5 Å². The molecule has 3 rings (SSSR count). The van der Waals surface area contributed by atoms with E-state index in [4.69, 9.17) is 9.47 Å². The monoisotopic (exact) mass is 304 g/mol. The molecule has 2 N–H and O–H groups in total. The third kappa shape index (κ3) is 3.64. The maximum absolute atomic E-state index is 5.92. The van der Waals surface area contributed by atoms with Gasteiger partial charge in [-0.25, -0.2) is 5.10 Å². The predicted molar refractivity (Wildman–Crippen MR) is 81.6 cm³/mol. The lowest BCUT2D eigenvalue weighted by Gasteiger charge is -2.28. The number of nitrogens with one attached hydrogen (secondary N) is 2. The molecule has 118 valence electrons. The molecule has 1 aliphatic heterocycles. The van der Waals surface area contributed by atoms with Gasteiger partial charge in [0.15, 0.2) is 11.6 Å². The van der Waals surface area contributed by atoms with Gasteiger partial charge in [0.25, 0.3) is 0 Å². The number of rotatable bonds is 5. The predicted octanol–water partition coefficient (Wildman–Crippen LogP) is 1.42. The zero-order valence-electron chi connectivity index (χ0n) is 12.7. The topological polar surface area (TPSA) is 88.2 Å². The van der Waals surface area contributed by atoms with Crippen LogP contribution in [0, 0.1) is 0 Å². The molecule has 1 aliphatic rings. The van der Waals surface area contributed by atoms with Gasteiger partial charge in [-0.15, -0.1) is 0 Å². The first-order chi connectivity index (χ1) is 10.7. The molecule has 8 heteroatoms. The minimum absolute atomic E-state index is 0.200. The summed E-state index contributed by atoms with van der Waals surface area (Å²) < 4.78 is 11.0. The number of nitrogens with zero attached hydrogens (tertiary/aromatic N) is 4. The number of likely N-dealkylation sites (tertiary alicyclic amines) is 1. The highest BCUT2D eigenvalue weighted by atomic mass is 16.5. The van der Waals surface area contributed by atoms with Gasteiger partial charge in [0.2, 0.25) is 11.8 Å². The van der Waals surface area contributed by atoms with E-state index in [1.54, 1.807) is 25.6 Å². The smallest absolute Gasteiger partial charge is 0.234 e. The lowest BCUT2D eigenvalue weighted by Crippen LogP contribution is -2.35. The Morgan fingerprint density at radius 2 is 2.09 bits per heavy atom. The first-order valence-electron chi connectivity index (χ1n) is 7.26. The van der Waals surface area contributed by atoms with E-state index < -0.39 is 0 Å². The number of aromatic nitrogens is 4. The van der Waals surface area contributed by atoms with Crippen LogP contribution in [0.5, 0.6) is 11.8 Å². The summed E-state index contributed by atoms with van der Waals surface area (Å²) in [6, 6.07) is 1.74. The van der Waals surface area contributed by atoms with Crippen LogP contribution in [-0.2, 0) is 0 Å². The summed E-state index contributed by atoms with van der Waals surface area (Å²) in [5.74, 6) is 2.30. The molecular formula is C14H20N6O2. The highest BCUT2D eigenvalue weighted by Gasteiger charge is 2.18. The van der Waals surface area contributed by atoms with E-state index in [1.807, 2.05) is 0 Å². The molecule has 0 amide bonds. The van der Waals surface area contributed by atoms with Gasteiger partial charge in [-0.2, -0.15) is 10.1 Å². The van der Waals surface area contributed by atoms with Crippen molar-refractivity contribution in [3.05, 3.63) is 18.5 Å². The fourth-order valence-electron chi connectivity index (χ4n) is 2.34. The molecule has 8 nitrogen and oxygen atoms in total. The number of ether oxygens (including phenoxy) is 2. The average molecular weight is 304 g/mol. The average Bonchev–Trinajstić information content (AvgIpc) is 2.98. The van der Waals surface area contributed by atoms with E-state index in [0.29, 0.717) is 23.4 Å². The second-order valence-corrected chi connectivity index (χ2v) is 5.31. The summed E-state index contributed by atoms with van der Waals surface area (Å²) in [5, 5.41) is 9.86. The fraction of sp³-hybridized carbons (Fsp3) is 0.500. The van der Waals surface area contributed by atoms with E-state index >= 15 is 0 Å². The molecule has 2 aromatic heterocycles. The Bertz CT molecular complexity index is 609. The molecule has 0 saturated carbocycles. The van der Waals surface area contributed by atoms with E-state index in [2.05, 4.69) is 37.4 Å². The second-order valence-electron chi connectivity index (χ2n) is 5.31. The standard InChI is InChI=1S/C14H20N6O2/c1-20-5-3-10(4-6-20)22-14-9-15-8-12(17-14)16-11-7-13(21-2)19-18-11/h7-10H,3-6H2,1-2H3,(H2,16,17,18,19). The van der Waals surface area contributed by atoms with Crippen LogP contribution in [0.4, 0.5) is 11.6 Å². The molecule has 0 atom stereocenters. The third-order valence-corrected chi connectivity index (χ3v) is 3.60. The molecule has 0 aromatic carbocycles. The quantitative estimate of drug-likeness (QED) is 0.863. The third-order valence-electron chi connectivity index (χ3n) is 3.60. The van der Waals surface area contributed by atoms with Crippen molar-refractivity contribution >= 4 is 11.6 Å². The summed E-state index contributed by atoms with van der Waals surface area (Å²) in [6.07, 6.45) is 5.47. The van der Waals surface area contributed by atoms with Crippen molar-refractivity contribution in [1.29, 1.82) is 0 Å². The molecule has 0 radical (unpaired) electrons. The van der Waals surface area contributed by atoms with Gasteiger partial charge in [-0.3, -0.25) is 4.98 Å². The summed E-state index contributed by atoms with van der Waals surface area (Å²) in [6.45, 7) is 2.09. The number of H-pyrrole nitrogens is 1. The molecular weight excluding hydrogens is 284 g/mol. The lowest BCUT2D eigenvalue weighted by molar-refractivity contribution is 0.110. The van der Waals surface area contributed by atoms with Crippen molar-refractivity contribution in [2.75, 3.05) is 32.6 Å². The van der Waals surface area contributed by atoms with Crippen molar-refractivity contribution in [2.45, 2.75) is 18.9 Å². The van der Waals surface area contributed by atoms with E-state index in [9.17, 15) is 0 Å². The Morgan fingerprint density at radius 1 is 1.27 bits per heavy atom. The first kappa shape index (κ1) is 14.6. The van der Waals surface area contributed by atoms with Crippen LogP contribution < -0.4 is 14.8 Å². The van der Waals surface area contributed by atoms with Crippen molar-refractivity contribution in [3.63, 3.8) is 0 Å². The van der Waals surface area contributed by atoms with E-state index in [-0.39, 0.29) is 6.10 Å². The Balaban J connectivity index is 1.62. The Kier molecular flexibility index (Phi) is 4.38. The van der Waals surface area contributed by atoms with Crippen LogP contribution in [0.1, 0.15) is 12.8 Å². The Morgan fingerprint density at radius 3 is 2.82 bits per heavy atom. The van der Waals surface area contributed by atoms with Crippen molar-refractivity contribution < 1.29 is 9.47 Å². The highest BCUT2D eigenvalue weighted by Crippen LogP contribution is 2.20. The molecule has 1 saturated heterocycles. The summed E-state index contributed by atoms with van der Waals surface area (Å²) in [4.78, 5) is 10.9.